The Morgan fingerprint density at radius 1 is 1.27 bits per heavy atom. The molecule has 1 aliphatic rings. The van der Waals surface area contributed by atoms with Crippen LogP contribution in [0.3, 0.4) is 0 Å². The normalized spacial score (nSPS) is 27.4. The van der Waals surface area contributed by atoms with Crippen LogP contribution in [-0.2, 0) is 14.6 Å². The molecule has 1 fully saturated rings. The van der Waals surface area contributed by atoms with Gasteiger partial charge in [0.05, 0.1) is 5.25 Å². The summed E-state index contributed by atoms with van der Waals surface area (Å²) in [6.45, 7) is 1.48. The molecule has 0 N–H and O–H groups in total. The second kappa shape index (κ2) is 4.51. The number of nitrogens with zero attached hydrogens (tertiary/aromatic N) is 1. The molecule has 0 heterocycles. The van der Waals surface area contributed by atoms with E-state index in [2.05, 4.69) is 0 Å². The first-order valence-corrected chi connectivity index (χ1v) is 7.21. The van der Waals surface area contributed by atoms with Crippen molar-refractivity contribution in [1.29, 1.82) is 0 Å². The Morgan fingerprint density at radius 2 is 1.80 bits per heavy atom. The second-order valence-electron chi connectivity index (χ2n) is 4.35. The van der Waals surface area contributed by atoms with Crippen LogP contribution in [0, 0.1) is 0 Å². The fourth-order valence-electron chi connectivity index (χ4n) is 2.25. The quantitative estimate of drug-likeness (QED) is 0.709. The van der Waals surface area contributed by atoms with Gasteiger partial charge >= 0.3 is 0 Å². The van der Waals surface area contributed by atoms with Crippen LogP contribution in [0.5, 0.6) is 0 Å². The van der Waals surface area contributed by atoms with Gasteiger partial charge in [-0.15, -0.1) is 0 Å². The Morgan fingerprint density at radius 3 is 2.27 bits per heavy atom. The van der Waals surface area contributed by atoms with Crippen LogP contribution in [-0.4, -0.2) is 43.8 Å². The molecule has 0 aromatic carbocycles. The Balaban J connectivity index is 2.88. The number of hydrogen-bond donors (Lipinski definition) is 0. The fourth-order valence-corrected chi connectivity index (χ4v) is 3.74. The summed E-state index contributed by atoms with van der Waals surface area (Å²) in [5.74, 6) is -0.0597. The zero-order valence-corrected chi connectivity index (χ0v) is 10.4. The summed E-state index contributed by atoms with van der Waals surface area (Å²) in [4.78, 5) is 12.8. The molecular weight excluding hydrogens is 214 g/mol. The molecule has 5 heteroatoms. The smallest absolute Gasteiger partial charge is 0.219 e. The van der Waals surface area contributed by atoms with Gasteiger partial charge in [0.25, 0.3) is 0 Å². The number of carbonyl (C=O) groups is 1. The maximum Gasteiger partial charge on any atom is 0.219 e. The van der Waals surface area contributed by atoms with Gasteiger partial charge in [-0.05, 0) is 12.8 Å². The van der Waals surface area contributed by atoms with Crippen molar-refractivity contribution in [3.8, 4) is 0 Å². The third-order valence-corrected chi connectivity index (χ3v) is 4.86. The highest BCUT2D eigenvalue weighted by Gasteiger charge is 2.35. The number of sulfone groups is 1. The van der Waals surface area contributed by atoms with Gasteiger partial charge in [0, 0.05) is 26.3 Å². The number of amides is 1. The molecule has 1 amide bonds. The molecule has 1 rings (SSSR count). The molecule has 0 aromatic heterocycles. The van der Waals surface area contributed by atoms with E-state index in [0.717, 1.165) is 19.3 Å². The molecule has 0 spiro atoms. The molecule has 15 heavy (non-hydrogen) atoms. The van der Waals surface area contributed by atoms with Gasteiger partial charge < -0.3 is 4.90 Å². The monoisotopic (exact) mass is 233 g/mol. The van der Waals surface area contributed by atoms with Gasteiger partial charge in [-0.25, -0.2) is 8.42 Å². The molecule has 0 aromatic rings. The first-order chi connectivity index (χ1) is 6.84. The van der Waals surface area contributed by atoms with Crippen LogP contribution in [0.2, 0.25) is 0 Å². The van der Waals surface area contributed by atoms with E-state index < -0.39 is 9.84 Å². The standard InChI is InChI=1S/C10H19NO3S/c1-8(12)11(2)9-6-4-5-7-10(9)15(3,13)14/h9-10H,4-7H2,1-3H3. The molecule has 0 bridgehead atoms. The van der Waals surface area contributed by atoms with Crippen LogP contribution in [0.4, 0.5) is 0 Å². The van der Waals surface area contributed by atoms with Crippen LogP contribution in [0.25, 0.3) is 0 Å². The molecule has 1 aliphatic carbocycles. The zero-order valence-electron chi connectivity index (χ0n) is 9.56. The highest BCUT2D eigenvalue weighted by atomic mass is 32.2. The lowest BCUT2D eigenvalue weighted by Gasteiger charge is -2.36. The van der Waals surface area contributed by atoms with Gasteiger partial charge in [-0.3, -0.25) is 4.79 Å². The molecule has 1 saturated carbocycles. The van der Waals surface area contributed by atoms with Crippen LogP contribution in [0.1, 0.15) is 32.6 Å². The third kappa shape index (κ3) is 2.93. The van der Waals surface area contributed by atoms with Crippen molar-refractivity contribution in [2.45, 2.75) is 43.9 Å². The van der Waals surface area contributed by atoms with Crippen molar-refractivity contribution >= 4 is 15.7 Å². The Hall–Kier alpha value is -0.580. The van der Waals surface area contributed by atoms with Crippen molar-refractivity contribution in [2.75, 3.05) is 13.3 Å². The molecule has 4 nitrogen and oxygen atoms in total. The van der Waals surface area contributed by atoms with E-state index in [9.17, 15) is 13.2 Å². The van der Waals surface area contributed by atoms with E-state index in [-0.39, 0.29) is 17.2 Å². The van der Waals surface area contributed by atoms with Gasteiger partial charge in [-0.1, -0.05) is 12.8 Å². The molecule has 88 valence electrons. The lowest BCUT2D eigenvalue weighted by molar-refractivity contribution is -0.130. The fraction of sp³-hybridized carbons (Fsp3) is 0.900. The molecule has 0 radical (unpaired) electrons. The Labute approximate surface area is 91.6 Å². The number of carbonyl (C=O) groups excluding carboxylic acids is 1. The topological polar surface area (TPSA) is 54.5 Å². The van der Waals surface area contributed by atoms with Crippen molar-refractivity contribution in [1.82, 2.24) is 4.90 Å². The predicted octanol–water partition coefficient (Wildman–Crippen LogP) is 0.821. The summed E-state index contributed by atoms with van der Waals surface area (Å²) < 4.78 is 23.2. The van der Waals surface area contributed by atoms with E-state index in [1.54, 1.807) is 11.9 Å². The highest BCUT2D eigenvalue weighted by molar-refractivity contribution is 7.91. The second-order valence-corrected chi connectivity index (χ2v) is 6.61. The van der Waals surface area contributed by atoms with E-state index in [4.69, 9.17) is 0 Å². The van der Waals surface area contributed by atoms with Gasteiger partial charge in [0.2, 0.25) is 5.91 Å². The minimum Gasteiger partial charge on any atom is -0.342 e. The van der Waals surface area contributed by atoms with Gasteiger partial charge in [0.15, 0.2) is 9.84 Å². The first kappa shape index (κ1) is 12.5. The lowest BCUT2D eigenvalue weighted by atomic mass is 9.94. The first-order valence-electron chi connectivity index (χ1n) is 5.26. The average molecular weight is 233 g/mol. The third-order valence-electron chi connectivity index (χ3n) is 3.21. The van der Waals surface area contributed by atoms with E-state index in [1.165, 1.54) is 13.2 Å². The largest absolute Gasteiger partial charge is 0.342 e. The molecule has 0 saturated heterocycles. The van der Waals surface area contributed by atoms with E-state index in [0.29, 0.717) is 6.42 Å². The highest BCUT2D eigenvalue weighted by Crippen LogP contribution is 2.27. The minimum absolute atomic E-state index is 0.0597. The maximum atomic E-state index is 11.6. The molecular formula is C10H19NO3S. The summed E-state index contributed by atoms with van der Waals surface area (Å²) in [5.41, 5.74) is 0. The van der Waals surface area contributed by atoms with Gasteiger partial charge in [-0.2, -0.15) is 0 Å². The van der Waals surface area contributed by atoms with E-state index >= 15 is 0 Å². The van der Waals surface area contributed by atoms with Gasteiger partial charge in [0.1, 0.15) is 0 Å². The SMILES string of the molecule is CC(=O)N(C)C1CCCCC1S(C)(=O)=O. The zero-order chi connectivity index (χ0) is 11.6. The van der Waals surface area contributed by atoms with Crippen molar-refractivity contribution in [3.05, 3.63) is 0 Å². The van der Waals surface area contributed by atoms with Crippen LogP contribution in [0.15, 0.2) is 0 Å². The molecule has 2 atom stereocenters. The Kier molecular flexibility index (Phi) is 3.76. The van der Waals surface area contributed by atoms with Crippen LogP contribution < -0.4 is 0 Å². The summed E-state index contributed by atoms with van der Waals surface area (Å²) in [7, 11) is -1.36. The predicted molar refractivity (Wildman–Crippen MR) is 59.3 cm³/mol. The summed E-state index contributed by atoms with van der Waals surface area (Å²) >= 11 is 0. The van der Waals surface area contributed by atoms with Crippen molar-refractivity contribution < 1.29 is 13.2 Å². The van der Waals surface area contributed by atoms with Crippen molar-refractivity contribution in [3.63, 3.8) is 0 Å². The summed E-state index contributed by atoms with van der Waals surface area (Å²) in [6, 6.07) is -0.133. The van der Waals surface area contributed by atoms with Crippen LogP contribution >= 0.6 is 0 Å². The minimum atomic E-state index is -3.05. The molecule has 0 aliphatic heterocycles. The number of hydrogen-bond acceptors (Lipinski definition) is 3. The number of rotatable bonds is 2. The van der Waals surface area contributed by atoms with Crippen molar-refractivity contribution in [2.24, 2.45) is 0 Å². The maximum absolute atomic E-state index is 11.6. The van der Waals surface area contributed by atoms with E-state index in [1.807, 2.05) is 0 Å². The average Bonchev–Trinajstić information content (AvgIpc) is 2.15. The summed E-state index contributed by atoms with van der Waals surface area (Å²) in [5, 5.41) is -0.375. The lowest BCUT2D eigenvalue weighted by Crippen LogP contribution is -2.48. The Bertz CT molecular complexity index is 337. The summed E-state index contributed by atoms with van der Waals surface area (Å²) in [6.07, 6.45) is 4.70. The molecule has 2 unspecified atom stereocenters.